The Kier molecular flexibility index (Phi) is 3.72. The maximum atomic E-state index is 11.1. The van der Waals surface area contributed by atoms with Gasteiger partial charge in [-0.15, -0.1) is 0 Å². The summed E-state index contributed by atoms with van der Waals surface area (Å²) in [6, 6.07) is 3.78. The van der Waals surface area contributed by atoms with E-state index in [9.17, 15) is 4.79 Å². The fraction of sp³-hybridized carbons (Fsp3) is 0.417. The van der Waals surface area contributed by atoms with E-state index in [1.165, 1.54) is 7.11 Å². The molecule has 0 saturated heterocycles. The second-order valence-corrected chi connectivity index (χ2v) is 3.43. The Bertz CT molecular complexity index is 369. The Morgan fingerprint density at radius 1 is 1.20 bits per heavy atom. The van der Waals surface area contributed by atoms with Gasteiger partial charge in [0.15, 0.2) is 0 Å². The van der Waals surface area contributed by atoms with Crippen LogP contribution in [0.4, 0.5) is 0 Å². The highest BCUT2D eigenvalue weighted by Crippen LogP contribution is 2.24. The quantitative estimate of drug-likeness (QED) is 0.713. The highest BCUT2D eigenvalue weighted by atomic mass is 16.5. The first kappa shape index (κ1) is 11.6. The third-order valence-electron chi connectivity index (χ3n) is 2.63. The van der Waals surface area contributed by atoms with E-state index in [1.54, 1.807) is 7.11 Å². The van der Waals surface area contributed by atoms with Gasteiger partial charge in [-0.2, -0.15) is 0 Å². The zero-order valence-corrected chi connectivity index (χ0v) is 9.59. The number of benzene rings is 1. The van der Waals surface area contributed by atoms with Gasteiger partial charge in [-0.1, -0.05) is 6.07 Å². The van der Waals surface area contributed by atoms with Gasteiger partial charge >= 0.3 is 5.97 Å². The summed E-state index contributed by atoms with van der Waals surface area (Å²) < 4.78 is 9.83. The lowest BCUT2D eigenvalue weighted by molar-refractivity contribution is -0.139. The monoisotopic (exact) mass is 208 g/mol. The second-order valence-electron chi connectivity index (χ2n) is 3.43. The van der Waals surface area contributed by atoms with E-state index >= 15 is 0 Å². The van der Waals surface area contributed by atoms with Crippen LogP contribution in [0.2, 0.25) is 0 Å². The molecule has 0 saturated carbocycles. The molecule has 0 aliphatic rings. The normalized spacial score (nSPS) is 9.87. The number of carbonyl (C=O) groups is 1. The van der Waals surface area contributed by atoms with E-state index in [2.05, 4.69) is 4.74 Å². The van der Waals surface area contributed by atoms with Crippen LogP contribution in [0.3, 0.4) is 0 Å². The first-order valence-corrected chi connectivity index (χ1v) is 4.80. The molecule has 0 aliphatic carbocycles. The van der Waals surface area contributed by atoms with E-state index in [-0.39, 0.29) is 5.97 Å². The lowest BCUT2D eigenvalue weighted by atomic mass is 10.0. The molecule has 0 heterocycles. The summed E-state index contributed by atoms with van der Waals surface area (Å²) in [5.41, 5.74) is 3.14. The molecule has 3 heteroatoms. The molecule has 0 bridgehead atoms. The molecule has 0 aromatic heterocycles. The minimum absolute atomic E-state index is 0.220. The molecule has 0 radical (unpaired) electrons. The summed E-state index contributed by atoms with van der Waals surface area (Å²) in [5.74, 6) is 0.629. The molecular weight excluding hydrogens is 192 g/mol. The number of ether oxygens (including phenoxy) is 2. The zero-order chi connectivity index (χ0) is 11.4. The molecule has 82 valence electrons. The summed E-state index contributed by atoms with van der Waals surface area (Å²) in [4.78, 5) is 11.1. The summed E-state index contributed by atoms with van der Waals surface area (Å²) in [5, 5.41) is 0. The summed E-state index contributed by atoms with van der Waals surface area (Å²) >= 11 is 0. The van der Waals surface area contributed by atoms with Crippen molar-refractivity contribution in [3.63, 3.8) is 0 Å². The van der Waals surface area contributed by atoms with Crippen LogP contribution in [0.15, 0.2) is 12.1 Å². The van der Waals surface area contributed by atoms with Crippen LogP contribution >= 0.6 is 0 Å². The second kappa shape index (κ2) is 4.82. The molecule has 0 aliphatic heterocycles. The minimum Gasteiger partial charge on any atom is -0.496 e. The number of carbonyl (C=O) groups excluding carboxylic acids is 1. The van der Waals surface area contributed by atoms with Gasteiger partial charge in [0.2, 0.25) is 0 Å². The van der Waals surface area contributed by atoms with Crippen LogP contribution in [0, 0.1) is 13.8 Å². The van der Waals surface area contributed by atoms with Gasteiger partial charge in [0.25, 0.3) is 0 Å². The molecule has 0 spiro atoms. The highest BCUT2D eigenvalue weighted by Gasteiger charge is 2.10. The Labute approximate surface area is 90.0 Å². The molecule has 0 unspecified atom stereocenters. The Balaban J connectivity index is 3.01. The Hall–Kier alpha value is -1.51. The standard InChI is InChI=1S/C12H16O3/c1-8-9(2)11(14-3)6-5-10(8)7-12(13)15-4/h5-6H,7H2,1-4H3. The SMILES string of the molecule is COC(=O)Cc1ccc(OC)c(C)c1C. The number of esters is 1. The largest absolute Gasteiger partial charge is 0.496 e. The van der Waals surface area contributed by atoms with E-state index in [0.717, 1.165) is 22.4 Å². The van der Waals surface area contributed by atoms with Crippen LogP contribution in [-0.2, 0) is 16.0 Å². The van der Waals surface area contributed by atoms with E-state index in [1.807, 2.05) is 26.0 Å². The van der Waals surface area contributed by atoms with Crippen LogP contribution in [0.5, 0.6) is 5.75 Å². The summed E-state index contributed by atoms with van der Waals surface area (Å²) in [6.07, 6.45) is 0.313. The van der Waals surface area contributed by atoms with Gasteiger partial charge in [0, 0.05) is 0 Å². The third kappa shape index (κ3) is 2.49. The Morgan fingerprint density at radius 2 is 1.87 bits per heavy atom. The molecule has 1 aromatic rings. The maximum absolute atomic E-state index is 11.1. The number of methoxy groups -OCH3 is 2. The molecule has 0 atom stereocenters. The van der Waals surface area contributed by atoms with Crippen LogP contribution in [0.25, 0.3) is 0 Å². The third-order valence-corrected chi connectivity index (χ3v) is 2.63. The van der Waals surface area contributed by atoms with Crippen molar-refractivity contribution in [1.29, 1.82) is 0 Å². The van der Waals surface area contributed by atoms with Crippen LogP contribution < -0.4 is 4.74 Å². The van der Waals surface area contributed by atoms with E-state index in [0.29, 0.717) is 6.42 Å². The van der Waals surface area contributed by atoms with Gasteiger partial charge in [-0.25, -0.2) is 0 Å². The van der Waals surface area contributed by atoms with Gasteiger partial charge in [0.05, 0.1) is 20.6 Å². The number of hydrogen-bond acceptors (Lipinski definition) is 3. The van der Waals surface area contributed by atoms with Crippen molar-refractivity contribution in [3.8, 4) is 5.75 Å². The van der Waals surface area contributed by atoms with E-state index < -0.39 is 0 Å². The predicted molar refractivity (Wildman–Crippen MR) is 58.2 cm³/mol. The molecule has 0 N–H and O–H groups in total. The predicted octanol–water partition coefficient (Wildman–Crippen LogP) is 2.03. The molecular formula is C12H16O3. The van der Waals surface area contributed by atoms with Crippen molar-refractivity contribution < 1.29 is 14.3 Å². The molecule has 1 aromatic carbocycles. The summed E-state index contributed by atoms with van der Waals surface area (Å²) in [7, 11) is 3.04. The average molecular weight is 208 g/mol. The van der Waals surface area contributed by atoms with E-state index in [4.69, 9.17) is 4.74 Å². The number of rotatable bonds is 3. The maximum Gasteiger partial charge on any atom is 0.309 e. The Morgan fingerprint density at radius 3 is 2.40 bits per heavy atom. The fourth-order valence-electron chi connectivity index (χ4n) is 1.49. The van der Waals surface area contributed by atoms with Gasteiger partial charge in [0.1, 0.15) is 5.75 Å². The molecule has 0 fully saturated rings. The molecule has 15 heavy (non-hydrogen) atoms. The van der Waals surface area contributed by atoms with Crippen molar-refractivity contribution in [3.05, 3.63) is 28.8 Å². The first-order valence-electron chi connectivity index (χ1n) is 4.80. The average Bonchev–Trinajstić information content (AvgIpc) is 2.25. The van der Waals surface area contributed by atoms with Crippen LogP contribution in [0.1, 0.15) is 16.7 Å². The van der Waals surface area contributed by atoms with Gasteiger partial charge < -0.3 is 9.47 Å². The van der Waals surface area contributed by atoms with Crippen molar-refractivity contribution in [2.24, 2.45) is 0 Å². The van der Waals surface area contributed by atoms with Gasteiger partial charge in [-0.3, -0.25) is 4.79 Å². The summed E-state index contributed by atoms with van der Waals surface area (Å²) in [6.45, 7) is 3.96. The van der Waals surface area contributed by atoms with Crippen molar-refractivity contribution in [1.82, 2.24) is 0 Å². The lowest BCUT2D eigenvalue weighted by Gasteiger charge is -2.11. The number of hydrogen-bond donors (Lipinski definition) is 0. The van der Waals surface area contributed by atoms with Crippen LogP contribution in [-0.4, -0.2) is 20.2 Å². The highest BCUT2D eigenvalue weighted by molar-refractivity contribution is 5.73. The zero-order valence-electron chi connectivity index (χ0n) is 9.59. The van der Waals surface area contributed by atoms with Crippen molar-refractivity contribution >= 4 is 5.97 Å². The van der Waals surface area contributed by atoms with Crippen molar-refractivity contribution in [2.45, 2.75) is 20.3 Å². The molecule has 1 rings (SSSR count). The smallest absolute Gasteiger partial charge is 0.309 e. The van der Waals surface area contributed by atoms with Crippen molar-refractivity contribution in [2.75, 3.05) is 14.2 Å². The molecule has 0 amide bonds. The lowest BCUT2D eigenvalue weighted by Crippen LogP contribution is -2.06. The molecule has 3 nitrogen and oxygen atoms in total. The fourth-order valence-corrected chi connectivity index (χ4v) is 1.49. The topological polar surface area (TPSA) is 35.5 Å². The first-order chi connectivity index (χ1) is 7.10. The van der Waals surface area contributed by atoms with Gasteiger partial charge in [-0.05, 0) is 36.6 Å². The minimum atomic E-state index is -0.220.